The van der Waals surface area contributed by atoms with Gasteiger partial charge in [0.25, 0.3) is 5.56 Å². The van der Waals surface area contributed by atoms with Crippen LogP contribution in [0.15, 0.2) is 23.0 Å². The molecule has 3 aliphatic heterocycles. The zero-order chi connectivity index (χ0) is 20.6. The van der Waals surface area contributed by atoms with E-state index in [1.807, 2.05) is 12.1 Å². The molecule has 3 aromatic rings. The van der Waals surface area contributed by atoms with Crippen LogP contribution in [-0.2, 0) is 29.1 Å². The van der Waals surface area contributed by atoms with E-state index in [1.165, 1.54) is 0 Å². The Labute approximate surface area is 170 Å². The number of pyridine rings is 2. The van der Waals surface area contributed by atoms with Gasteiger partial charge in [-0.05, 0) is 24.1 Å². The number of aliphatic hydroxyl groups is 1. The lowest BCUT2D eigenvalue weighted by Gasteiger charge is -2.21. The lowest BCUT2D eigenvalue weighted by molar-refractivity contribution is -0.157. The first-order valence-electron chi connectivity index (χ1n) is 9.93. The number of benzene rings is 1. The number of cyclic esters (lactones) is 1. The molecule has 1 unspecified atom stereocenters. The van der Waals surface area contributed by atoms with Crippen molar-refractivity contribution in [2.45, 2.75) is 39.0 Å². The summed E-state index contributed by atoms with van der Waals surface area (Å²) in [7, 11) is 0. The van der Waals surface area contributed by atoms with E-state index in [9.17, 15) is 14.7 Å². The van der Waals surface area contributed by atoms with E-state index in [4.69, 9.17) is 19.2 Å². The molecular weight excluding hydrogens is 388 g/mol. The van der Waals surface area contributed by atoms with Gasteiger partial charge in [-0.1, -0.05) is 13.3 Å². The minimum atomic E-state index is -1.46. The Morgan fingerprint density at radius 3 is 2.73 bits per heavy atom. The number of rotatable bonds is 2. The molecule has 3 aliphatic rings. The predicted molar refractivity (Wildman–Crippen MR) is 105 cm³/mol. The van der Waals surface area contributed by atoms with Crippen molar-refractivity contribution < 1.29 is 24.1 Å². The van der Waals surface area contributed by atoms with Gasteiger partial charge in [0.2, 0.25) is 6.79 Å². The summed E-state index contributed by atoms with van der Waals surface area (Å²) in [4.78, 5) is 29.8. The first kappa shape index (κ1) is 17.5. The van der Waals surface area contributed by atoms with Crippen LogP contribution in [-0.4, -0.2) is 27.4 Å². The number of nitrogens with zero attached hydrogens (tertiary/aromatic N) is 2. The van der Waals surface area contributed by atoms with E-state index in [-0.39, 0.29) is 19.0 Å². The van der Waals surface area contributed by atoms with Crippen LogP contribution in [0.2, 0.25) is 0 Å². The summed E-state index contributed by atoms with van der Waals surface area (Å²) in [6.07, 6.45) is 0.303. The van der Waals surface area contributed by atoms with Gasteiger partial charge in [0.15, 0.2) is 17.6 Å². The molecule has 0 aliphatic carbocycles. The monoisotopic (exact) mass is 406 g/mol. The molecule has 1 atom stereocenters. The largest absolute Gasteiger partial charge is 0.458 e. The summed E-state index contributed by atoms with van der Waals surface area (Å²) < 4.78 is 17.7. The molecular formula is C22H18N2O6. The van der Waals surface area contributed by atoms with Crippen molar-refractivity contribution in [1.82, 2.24) is 9.55 Å². The highest BCUT2D eigenvalue weighted by atomic mass is 16.7. The summed E-state index contributed by atoms with van der Waals surface area (Å²) in [5, 5.41) is 11.3. The van der Waals surface area contributed by atoms with Crippen molar-refractivity contribution in [2.75, 3.05) is 6.79 Å². The van der Waals surface area contributed by atoms with Gasteiger partial charge in [0.05, 0.1) is 29.0 Å². The molecule has 152 valence electrons. The third kappa shape index (κ3) is 2.22. The molecule has 1 N–H and O–H groups in total. The normalized spacial score (nSPS) is 18.2. The van der Waals surface area contributed by atoms with Crippen LogP contribution >= 0.6 is 0 Å². The van der Waals surface area contributed by atoms with Crippen molar-refractivity contribution in [3.63, 3.8) is 0 Å². The van der Waals surface area contributed by atoms with E-state index in [2.05, 4.69) is 6.92 Å². The predicted octanol–water partition coefficient (Wildman–Crippen LogP) is 2.20. The van der Waals surface area contributed by atoms with Crippen molar-refractivity contribution >= 4 is 16.9 Å². The number of hydrogen-bond acceptors (Lipinski definition) is 7. The first-order chi connectivity index (χ1) is 14.6. The fourth-order valence-electron chi connectivity index (χ4n) is 4.63. The number of ether oxygens (including phenoxy) is 3. The van der Waals surface area contributed by atoms with Crippen LogP contribution < -0.4 is 15.0 Å². The maximum absolute atomic E-state index is 13.1. The summed E-state index contributed by atoms with van der Waals surface area (Å²) in [6.45, 7) is 2.57. The minimum absolute atomic E-state index is 0.126. The Morgan fingerprint density at radius 1 is 1.13 bits per heavy atom. The molecule has 0 radical (unpaired) electrons. The number of carbonyl (C=O) groups excluding carboxylic acids is 1. The fraction of sp³-hybridized carbons (Fsp3) is 0.318. The Hall–Kier alpha value is -3.39. The third-order valence-corrected chi connectivity index (χ3v) is 6.07. The Bertz CT molecular complexity index is 1330. The van der Waals surface area contributed by atoms with Crippen molar-refractivity contribution in [1.29, 1.82) is 0 Å². The Balaban J connectivity index is 1.64. The minimum Gasteiger partial charge on any atom is -0.458 e. The number of carbonyl (C=O) groups is 1. The zero-order valence-corrected chi connectivity index (χ0v) is 16.2. The van der Waals surface area contributed by atoms with Gasteiger partial charge in [0, 0.05) is 22.6 Å². The van der Waals surface area contributed by atoms with Crippen LogP contribution in [0.5, 0.6) is 11.5 Å². The number of esters is 1. The molecule has 8 heteroatoms. The highest BCUT2D eigenvalue weighted by Crippen LogP contribution is 2.42. The zero-order valence-electron chi connectivity index (χ0n) is 16.2. The molecule has 0 saturated heterocycles. The summed E-state index contributed by atoms with van der Waals surface area (Å²) >= 11 is 0. The Kier molecular flexibility index (Phi) is 3.53. The van der Waals surface area contributed by atoms with E-state index in [1.54, 1.807) is 10.6 Å². The SMILES string of the molecule is CCCc1c2c(nc3cc4c(cc13)OCO4)-c1cc3c(c(=O)n1C2)COC(=O)C3O. The average molecular weight is 406 g/mol. The van der Waals surface area contributed by atoms with Gasteiger partial charge in [-0.2, -0.15) is 0 Å². The van der Waals surface area contributed by atoms with Gasteiger partial charge >= 0.3 is 5.97 Å². The van der Waals surface area contributed by atoms with Crippen LogP contribution in [0.3, 0.4) is 0 Å². The van der Waals surface area contributed by atoms with E-state index in [0.29, 0.717) is 40.6 Å². The fourth-order valence-corrected chi connectivity index (χ4v) is 4.63. The quantitative estimate of drug-likeness (QED) is 0.510. The number of aromatic nitrogens is 2. The van der Waals surface area contributed by atoms with Gasteiger partial charge in [-0.15, -0.1) is 0 Å². The molecule has 2 aromatic heterocycles. The standard InChI is InChI=1S/C22H18N2O6/c1-2-3-10-11-5-17-18(30-9-29-17)6-15(11)23-19-13(10)7-24-16(19)4-12-14(21(24)26)8-28-22(27)20(12)25/h4-6,20,25H,2-3,7-9H2,1H3. The highest BCUT2D eigenvalue weighted by Gasteiger charge is 2.34. The molecule has 8 nitrogen and oxygen atoms in total. The first-order valence-corrected chi connectivity index (χ1v) is 9.93. The molecule has 1 aromatic carbocycles. The molecule has 0 spiro atoms. The van der Waals surface area contributed by atoms with Gasteiger partial charge in [-0.25, -0.2) is 9.78 Å². The molecule has 0 amide bonds. The van der Waals surface area contributed by atoms with Crippen LogP contribution in [0.4, 0.5) is 0 Å². The molecule has 0 bridgehead atoms. The van der Waals surface area contributed by atoms with E-state index < -0.39 is 12.1 Å². The number of aliphatic hydroxyl groups excluding tert-OH is 1. The van der Waals surface area contributed by atoms with E-state index >= 15 is 0 Å². The van der Waals surface area contributed by atoms with Crippen LogP contribution in [0, 0.1) is 0 Å². The maximum atomic E-state index is 13.1. The van der Waals surface area contributed by atoms with Crippen molar-refractivity contribution in [2.24, 2.45) is 0 Å². The summed E-state index contributed by atoms with van der Waals surface area (Å²) in [5.74, 6) is 0.607. The maximum Gasteiger partial charge on any atom is 0.340 e. The average Bonchev–Trinajstić information content (AvgIpc) is 3.34. The molecule has 30 heavy (non-hydrogen) atoms. The van der Waals surface area contributed by atoms with E-state index in [0.717, 1.165) is 34.9 Å². The van der Waals surface area contributed by atoms with Crippen molar-refractivity contribution in [3.8, 4) is 22.9 Å². The highest BCUT2D eigenvalue weighted by molar-refractivity contribution is 5.91. The molecule has 5 heterocycles. The third-order valence-electron chi connectivity index (χ3n) is 6.07. The lowest BCUT2D eigenvalue weighted by atomic mass is 9.96. The second-order valence-corrected chi connectivity index (χ2v) is 7.76. The number of hydrogen-bond donors (Lipinski definition) is 1. The smallest absolute Gasteiger partial charge is 0.340 e. The number of fused-ring (bicyclic) bond motifs is 6. The molecule has 0 saturated carbocycles. The second-order valence-electron chi connectivity index (χ2n) is 7.76. The van der Waals surface area contributed by atoms with Gasteiger partial charge < -0.3 is 23.9 Å². The topological polar surface area (TPSA) is 99.9 Å². The van der Waals surface area contributed by atoms with Crippen LogP contribution in [0.25, 0.3) is 22.3 Å². The number of aryl methyl sites for hydroxylation is 1. The molecule has 6 rings (SSSR count). The van der Waals surface area contributed by atoms with Crippen molar-refractivity contribution in [3.05, 3.63) is 50.8 Å². The summed E-state index contributed by atoms with van der Waals surface area (Å²) in [5.41, 5.74) is 4.57. The second kappa shape index (κ2) is 6.06. The summed E-state index contributed by atoms with van der Waals surface area (Å²) in [6, 6.07) is 5.53. The van der Waals surface area contributed by atoms with Crippen LogP contribution in [0.1, 0.15) is 41.7 Å². The molecule has 0 fully saturated rings. The lowest BCUT2D eigenvalue weighted by Crippen LogP contribution is -2.32. The Morgan fingerprint density at radius 2 is 1.93 bits per heavy atom. The van der Waals surface area contributed by atoms with Gasteiger partial charge in [-0.3, -0.25) is 4.79 Å². The van der Waals surface area contributed by atoms with Gasteiger partial charge in [0.1, 0.15) is 6.61 Å².